The molecule has 1 aliphatic rings. The van der Waals surface area contributed by atoms with Crippen LogP contribution in [0.15, 0.2) is 58.8 Å². The Hall–Kier alpha value is -2.75. The highest BCUT2D eigenvalue weighted by Crippen LogP contribution is 2.27. The lowest BCUT2D eigenvalue weighted by atomic mass is 10.1. The van der Waals surface area contributed by atoms with E-state index < -0.39 is 10.0 Å². The number of nitrogens with zero attached hydrogens (tertiary/aromatic N) is 2. The molecule has 9 heteroatoms. The number of nitrogens with one attached hydrogen (secondary N) is 1. The van der Waals surface area contributed by atoms with Gasteiger partial charge in [0.2, 0.25) is 15.9 Å². The normalized spacial score (nSPS) is 15.1. The number of ether oxygens (including phenoxy) is 1. The van der Waals surface area contributed by atoms with Gasteiger partial charge >= 0.3 is 0 Å². The Morgan fingerprint density at radius 1 is 1.03 bits per heavy atom. The molecule has 0 bridgehead atoms. The third kappa shape index (κ3) is 5.79. The van der Waals surface area contributed by atoms with Crippen LogP contribution in [-0.2, 0) is 21.2 Å². The molecule has 1 aromatic heterocycles. The van der Waals surface area contributed by atoms with Crippen molar-refractivity contribution in [3.05, 3.63) is 59.5 Å². The van der Waals surface area contributed by atoms with E-state index >= 15 is 0 Å². The summed E-state index contributed by atoms with van der Waals surface area (Å²) < 4.78 is 32.6. The molecule has 1 saturated heterocycles. The molecular weight excluding hydrogens is 458 g/mol. The Bertz CT molecular complexity index is 1180. The fraction of sp³-hybridized carbons (Fsp3) is 0.333. The summed E-state index contributed by atoms with van der Waals surface area (Å²) in [6.45, 7) is 1.16. The lowest BCUT2D eigenvalue weighted by molar-refractivity contribution is -0.115. The molecule has 1 amide bonds. The number of methoxy groups -OCH3 is 1. The van der Waals surface area contributed by atoms with Gasteiger partial charge in [0.15, 0.2) is 5.13 Å². The number of benzene rings is 2. The maximum absolute atomic E-state index is 13.0. The maximum Gasteiger partial charge on any atom is 0.243 e. The van der Waals surface area contributed by atoms with Crippen LogP contribution in [0.3, 0.4) is 0 Å². The number of hydrogen-bond donors (Lipinski definition) is 1. The molecule has 2 aromatic carbocycles. The standard InChI is InChI=1S/C24H27N3O4S2/c1-31-20-10-6-18(7-11-20)16-23(28)26-24-25-22(17-32-24)19-8-12-21(13-9-19)33(29,30)27-14-4-2-3-5-15-27/h6-13,17H,2-5,14-16H2,1H3,(H,25,26,28). The van der Waals surface area contributed by atoms with E-state index in [4.69, 9.17) is 4.74 Å². The van der Waals surface area contributed by atoms with Crippen LogP contribution in [-0.4, -0.2) is 43.8 Å². The van der Waals surface area contributed by atoms with Crippen molar-refractivity contribution in [3.63, 3.8) is 0 Å². The van der Waals surface area contributed by atoms with Gasteiger partial charge in [0.05, 0.1) is 24.1 Å². The minimum Gasteiger partial charge on any atom is -0.497 e. The minimum atomic E-state index is -3.48. The van der Waals surface area contributed by atoms with E-state index in [2.05, 4.69) is 10.3 Å². The van der Waals surface area contributed by atoms with Crippen LogP contribution in [0.5, 0.6) is 5.75 Å². The van der Waals surface area contributed by atoms with E-state index in [1.807, 2.05) is 29.6 Å². The number of aromatic nitrogens is 1. The van der Waals surface area contributed by atoms with Gasteiger partial charge in [-0.05, 0) is 42.7 Å². The molecule has 0 saturated carbocycles. The number of sulfonamides is 1. The van der Waals surface area contributed by atoms with Crippen molar-refractivity contribution < 1.29 is 17.9 Å². The monoisotopic (exact) mass is 485 g/mol. The number of carbonyl (C=O) groups excluding carboxylic acids is 1. The fourth-order valence-corrected chi connectivity index (χ4v) is 6.04. The van der Waals surface area contributed by atoms with Crippen molar-refractivity contribution in [2.45, 2.75) is 37.0 Å². The van der Waals surface area contributed by atoms with E-state index in [0.29, 0.717) is 28.8 Å². The first-order valence-electron chi connectivity index (χ1n) is 10.9. The second-order valence-corrected chi connectivity index (χ2v) is 10.7. The molecule has 174 valence electrons. The van der Waals surface area contributed by atoms with Gasteiger partial charge in [-0.25, -0.2) is 13.4 Å². The van der Waals surface area contributed by atoms with Gasteiger partial charge < -0.3 is 10.1 Å². The molecular formula is C24H27N3O4S2. The molecule has 2 heterocycles. The summed E-state index contributed by atoms with van der Waals surface area (Å²) >= 11 is 1.33. The lowest BCUT2D eigenvalue weighted by Crippen LogP contribution is -2.31. The largest absolute Gasteiger partial charge is 0.497 e. The first-order chi connectivity index (χ1) is 16.0. The third-order valence-electron chi connectivity index (χ3n) is 5.63. The summed E-state index contributed by atoms with van der Waals surface area (Å²) in [6.07, 6.45) is 4.20. The molecule has 33 heavy (non-hydrogen) atoms. The van der Waals surface area contributed by atoms with Gasteiger partial charge in [-0.3, -0.25) is 4.79 Å². The van der Waals surface area contributed by atoms with Crippen molar-refractivity contribution in [3.8, 4) is 17.0 Å². The van der Waals surface area contributed by atoms with Gasteiger partial charge in [-0.1, -0.05) is 37.1 Å². The molecule has 0 atom stereocenters. The smallest absolute Gasteiger partial charge is 0.243 e. The Balaban J connectivity index is 1.40. The predicted octanol–water partition coefficient (Wildman–Crippen LogP) is 4.56. The molecule has 0 unspecified atom stereocenters. The molecule has 3 aromatic rings. The molecule has 4 rings (SSSR count). The van der Waals surface area contributed by atoms with Crippen molar-refractivity contribution in [2.24, 2.45) is 0 Å². The highest BCUT2D eigenvalue weighted by atomic mass is 32.2. The highest BCUT2D eigenvalue weighted by Gasteiger charge is 2.25. The number of anilines is 1. The van der Waals surface area contributed by atoms with Crippen molar-refractivity contribution in [2.75, 3.05) is 25.5 Å². The number of carbonyl (C=O) groups is 1. The summed E-state index contributed by atoms with van der Waals surface area (Å²) in [6, 6.07) is 14.2. The van der Waals surface area contributed by atoms with Gasteiger partial charge in [-0.15, -0.1) is 11.3 Å². The highest BCUT2D eigenvalue weighted by molar-refractivity contribution is 7.89. The predicted molar refractivity (Wildman–Crippen MR) is 130 cm³/mol. The first-order valence-corrected chi connectivity index (χ1v) is 13.3. The van der Waals surface area contributed by atoms with Crippen LogP contribution in [0, 0.1) is 0 Å². The van der Waals surface area contributed by atoms with E-state index in [0.717, 1.165) is 42.6 Å². The fourth-order valence-electron chi connectivity index (χ4n) is 3.78. The van der Waals surface area contributed by atoms with Crippen LogP contribution >= 0.6 is 11.3 Å². The molecule has 0 radical (unpaired) electrons. The zero-order valence-corrected chi connectivity index (χ0v) is 20.1. The summed E-state index contributed by atoms with van der Waals surface area (Å²) in [5.74, 6) is 0.592. The minimum absolute atomic E-state index is 0.153. The molecule has 0 aliphatic carbocycles. The van der Waals surface area contributed by atoms with Crippen LogP contribution in [0.1, 0.15) is 31.2 Å². The number of hydrogen-bond acceptors (Lipinski definition) is 6. The maximum atomic E-state index is 13.0. The Kier molecular flexibility index (Phi) is 7.42. The van der Waals surface area contributed by atoms with Gasteiger partial charge in [0.1, 0.15) is 5.75 Å². The summed E-state index contributed by atoms with van der Waals surface area (Å²) in [5.41, 5.74) is 2.38. The molecule has 0 spiro atoms. The number of rotatable bonds is 7. The topological polar surface area (TPSA) is 88.6 Å². The second-order valence-electron chi connectivity index (χ2n) is 7.95. The van der Waals surface area contributed by atoms with Crippen LogP contribution in [0.2, 0.25) is 0 Å². The van der Waals surface area contributed by atoms with E-state index in [9.17, 15) is 13.2 Å². The third-order valence-corrected chi connectivity index (χ3v) is 8.30. The Labute approximate surface area is 198 Å². The average Bonchev–Trinajstić information content (AvgIpc) is 3.10. The van der Waals surface area contributed by atoms with Crippen LogP contribution < -0.4 is 10.1 Å². The van der Waals surface area contributed by atoms with E-state index in [-0.39, 0.29) is 12.3 Å². The summed E-state index contributed by atoms with van der Waals surface area (Å²) in [7, 11) is -1.88. The van der Waals surface area contributed by atoms with E-state index in [1.165, 1.54) is 11.3 Å². The van der Waals surface area contributed by atoms with Gasteiger partial charge in [0.25, 0.3) is 0 Å². The van der Waals surface area contributed by atoms with E-state index in [1.54, 1.807) is 35.7 Å². The first kappa shape index (κ1) is 23.4. The number of thiazole rings is 1. The zero-order valence-electron chi connectivity index (χ0n) is 18.5. The molecule has 7 nitrogen and oxygen atoms in total. The average molecular weight is 486 g/mol. The molecule has 1 N–H and O–H groups in total. The number of amides is 1. The van der Waals surface area contributed by atoms with Crippen molar-refractivity contribution in [1.29, 1.82) is 0 Å². The molecule has 1 fully saturated rings. The zero-order chi connectivity index (χ0) is 23.3. The SMILES string of the molecule is COc1ccc(CC(=O)Nc2nc(-c3ccc(S(=O)(=O)N4CCCCCC4)cc3)cs2)cc1. The Morgan fingerprint density at radius 2 is 1.70 bits per heavy atom. The van der Waals surface area contributed by atoms with Crippen molar-refractivity contribution in [1.82, 2.24) is 9.29 Å². The molecule has 1 aliphatic heterocycles. The van der Waals surface area contributed by atoms with Crippen LogP contribution in [0.25, 0.3) is 11.3 Å². The van der Waals surface area contributed by atoms with Crippen LogP contribution in [0.4, 0.5) is 5.13 Å². The van der Waals surface area contributed by atoms with Gasteiger partial charge in [-0.2, -0.15) is 4.31 Å². The lowest BCUT2D eigenvalue weighted by Gasteiger charge is -2.19. The van der Waals surface area contributed by atoms with Gasteiger partial charge in [0, 0.05) is 24.0 Å². The van der Waals surface area contributed by atoms with Crippen molar-refractivity contribution >= 4 is 32.4 Å². The quantitative estimate of drug-likeness (QED) is 0.530. The Morgan fingerprint density at radius 3 is 2.33 bits per heavy atom. The second kappa shape index (κ2) is 10.5. The summed E-state index contributed by atoms with van der Waals surface area (Å²) in [4.78, 5) is 17.2. The summed E-state index contributed by atoms with van der Waals surface area (Å²) in [5, 5.41) is 5.18.